The Kier molecular flexibility index (Phi) is 3.67. The summed E-state index contributed by atoms with van der Waals surface area (Å²) in [5, 5.41) is 0. The largest absolute Gasteiger partial charge is 0.329 e. The number of rotatable bonds is 1. The molecule has 1 aromatic rings. The Morgan fingerprint density at radius 1 is 1.10 bits per heavy atom. The number of carbonyl (C=O) groups is 1. The summed E-state index contributed by atoms with van der Waals surface area (Å²) in [4.78, 5) is 14.3. The van der Waals surface area contributed by atoms with E-state index in [1.165, 1.54) is 22.3 Å². The Morgan fingerprint density at radius 2 is 1.65 bits per heavy atom. The molecule has 0 bridgehead atoms. The minimum atomic E-state index is -0.207. The highest BCUT2D eigenvalue weighted by Crippen LogP contribution is 2.39. The molecule has 0 aliphatic carbocycles. The molecular formula is C17H26N2O. The molecule has 3 nitrogen and oxygen atoms in total. The van der Waals surface area contributed by atoms with Gasteiger partial charge in [0.25, 0.3) is 0 Å². The summed E-state index contributed by atoms with van der Waals surface area (Å²) in [7, 11) is 0. The van der Waals surface area contributed by atoms with Crippen LogP contribution in [0.4, 0.5) is 0 Å². The van der Waals surface area contributed by atoms with Gasteiger partial charge in [-0.25, -0.2) is 0 Å². The highest BCUT2D eigenvalue weighted by molar-refractivity contribution is 5.81. The summed E-state index contributed by atoms with van der Waals surface area (Å²) in [6.45, 7) is 12.6. The summed E-state index contributed by atoms with van der Waals surface area (Å²) >= 11 is 0. The minimum absolute atomic E-state index is 0.0122. The summed E-state index contributed by atoms with van der Waals surface area (Å²) < 4.78 is 0. The molecule has 1 amide bonds. The zero-order valence-electron chi connectivity index (χ0n) is 13.4. The first-order chi connectivity index (χ1) is 9.12. The fourth-order valence-electron chi connectivity index (χ4n) is 3.22. The van der Waals surface area contributed by atoms with Crippen molar-refractivity contribution in [1.82, 2.24) is 4.90 Å². The third kappa shape index (κ3) is 2.47. The topological polar surface area (TPSA) is 46.3 Å². The Labute approximate surface area is 122 Å². The number of likely N-dealkylation sites (tertiary alicyclic amines) is 1. The molecule has 2 unspecified atom stereocenters. The van der Waals surface area contributed by atoms with Crippen molar-refractivity contribution in [3.8, 4) is 0 Å². The van der Waals surface area contributed by atoms with Crippen LogP contribution in [0.1, 0.15) is 55.5 Å². The second-order valence-corrected chi connectivity index (χ2v) is 7.04. The predicted octanol–water partition coefficient (Wildman–Crippen LogP) is 3.01. The van der Waals surface area contributed by atoms with E-state index in [1.54, 1.807) is 0 Å². The lowest BCUT2D eigenvalue weighted by molar-refractivity contribution is -0.133. The third-order valence-corrected chi connectivity index (χ3v) is 4.29. The van der Waals surface area contributed by atoms with Gasteiger partial charge in [0, 0.05) is 18.0 Å². The number of amides is 1. The lowest BCUT2D eigenvalue weighted by atomic mass is 9.91. The molecule has 1 heterocycles. The van der Waals surface area contributed by atoms with Gasteiger partial charge in [0.2, 0.25) is 5.91 Å². The van der Waals surface area contributed by atoms with Crippen LogP contribution >= 0.6 is 0 Å². The molecule has 2 atom stereocenters. The molecule has 1 aliphatic rings. The first kappa shape index (κ1) is 15.0. The average Bonchev–Trinajstić information content (AvgIpc) is 2.58. The monoisotopic (exact) mass is 274 g/mol. The molecule has 1 saturated heterocycles. The van der Waals surface area contributed by atoms with Crippen molar-refractivity contribution in [2.45, 2.75) is 65.6 Å². The molecule has 2 rings (SSSR count). The van der Waals surface area contributed by atoms with Crippen molar-refractivity contribution in [3.05, 3.63) is 34.4 Å². The second kappa shape index (κ2) is 4.88. The summed E-state index contributed by atoms with van der Waals surface area (Å²) in [5.74, 6) is 0.160. The van der Waals surface area contributed by atoms with Gasteiger partial charge in [-0.05, 0) is 63.8 Å². The first-order valence-electron chi connectivity index (χ1n) is 7.28. The van der Waals surface area contributed by atoms with Gasteiger partial charge >= 0.3 is 0 Å². The van der Waals surface area contributed by atoms with Gasteiger partial charge in [0.15, 0.2) is 0 Å². The predicted molar refractivity (Wildman–Crippen MR) is 82.6 cm³/mol. The molecule has 110 valence electrons. The highest BCUT2D eigenvalue weighted by Gasteiger charge is 2.44. The smallest absolute Gasteiger partial charge is 0.225 e. The van der Waals surface area contributed by atoms with Gasteiger partial charge in [0.1, 0.15) is 0 Å². The maximum atomic E-state index is 12.3. The molecule has 0 radical (unpaired) electrons. The molecular weight excluding hydrogens is 248 g/mol. The standard InChI is InChI=1S/C17H26N2O/c1-10-7-12(3)13(8-11(10)2)16-14(18)9-15(20)19(16)17(4,5)6/h7-8,14,16H,9,18H2,1-6H3. The summed E-state index contributed by atoms with van der Waals surface area (Å²) in [6.07, 6.45) is 0.439. The van der Waals surface area contributed by atoms with E-state index >= 15 is 0 Å². The Hall–Kier alpha value is -1.35. The zero-order chi connectivity index (χ0) is 15.2. The van der Waals surface area contributed by atoms with Crippen molar-refractivity contribution >= 4 is 5.91 Å². The fourth-order valence-corrected chi connectivity index (χ4v) is 3.22. The second-order valence-electron chi connectivity index (χ2n) is 7.04. The maximum absolute atomic E-state index is 12.3. The lowest BCUT2D eigenvalue weighted by Crippen LogP contribution is -2.45. The summed E-state index contributed by atoms with van der Waals surface area (Å²) in [6, 6.07) is 4.26. The van der Waals surface area contributed by atoms with Crippen LogP contribution in [0, 0.1) is 20.8 Å². The third-order valence-electron chi connectivity index (χ3n) is 4.29. The molecule has 1 aromatic carbocycles. The molecule has 2 N–H and O–H groups in total. The molecule has 0 spiro atoms. The van der Waals surface area contributed by atoms with E-state index < -0.39 is 0 Å². The van der Waals surface area contributed by atoms with Crippen LogP contribution in [-0.4, -0.2) is 22.4 Å². The van der Waals surface area contributed by atoms with E-state index in [0.29, 0.717) is 6.42 Å². The molecule has 1 fully saturated rings. The fraction of sp³-hybridized carbons (Fsp3) is 0.588. The highest BCUT2D eigenvalue weighted by atomic mass is 16.2. The van der Waals surface area contributed by atoms with Crippen LogP contribution in [0.3, 0.4) is 0 Å². The van der Waals surface area contributed by atoms with Crippen LogP contribution in [-0.2, 0) is 4.79 Å². The Bertz CT molecular complexity index is 543. The lowest BCUT2D eigenvalue weighted by Gasteiger charge is -2.39. The molecule has 0 saturated carbocycles. The van der Waals surface area contributed by atoms with E-state index in [0.717, 1.165) is 0 Å². The minimum Gasteiger partial charge on any atom is -0.329 e. The Balaban J connectivity index is 2.54. The van der Waals surface area contributed by atoms with Crippen molar-refractivity contribution < 1.29 is 4.79 Å². The molecule has 0 aromatic heterocycles. The van der Waals surface area contributed by atoms with Crippen LogP contribution in [0.5, 0.6) is 0 Å². The number of aryl methyl sites for hydroxylation is 3. The van der Waals surface area contributed by atoms with Crippen molar-refractivity contribution in [3.63, 3.8) is 0 Å². The number of nitrogens with two attached hydrogens (primary N) is 1. The van der Waals surface area contributed by atoms with Crippen LogP contribution < -0.4 is 5.73 Å². The van der Waals surface area contributed by atoms with Crippen molar-refractivity contribution in [2.24, 2.45) is 5.73 Å². The number of nitrogens with zero attached hydrogens (tertiary/aromatic N) is 1. The van der Waals surface area contributed by atoms with Crippen LogP contribution in [0.15, 0.2) is 12.1 Å². The Morgan fingerprint density at radius 3 is 2.20 bits per heavy atom. The van der Waals surface area contributed by atoms with Gasteiger partial charge in [0.05, 0.1) is 6.04 Å². The summed E-state index contributed by atoms with van der Waals surface area (Å²) in [5.41, 5.74) is 11.0. The van der Waals surface area contributed by atoms with Gasteiger partial charge < -0.3 is 10.6 Å². The zero-order valence-corrected chi connectivity index (χ0v) is 13.4. The van der Waals surface area contributed by atoms with Gasteiger partial charge in [-0.3, -0.25) is 4.79 Å². The van der Waals surface area contributed by atoms with E-state index in [4.69, 9.17) is 5.73 Å². The van der Waals surface area contributed by atoms with E-state index in [1.807, 2.05) is 4.90 Å². The van der Waals surface area contributed by atoms with E-state index in [9.17, 15) is 4.79 Å². The SMILES string of the molecule is Cc1cc(C)c(C2C(N)CC(=O)N2C(C)(C)C)cc1C. The molecule has 20 heavy (non-hydrogen) atoms. The quantitative estimate of drug-likeness (QED) is 0.855. The van der Waals surface area contributed by atoms with Crippen molar-refractivity contribution in [1.29, 1.82) is 0 Å². The van der Waals surface area contributed by atoms with Crippen molar-refractivity contribution in [2.75, 3.05) is 0 Å². The van der Waals surface area contributed by atoms with Gasteiger partial charge in [-0.15, -0.1) is 0 Å². The number of hydrogen-bond donors (Lipinski definition) is 1. The van der Waals surface area contributed by atoms with Crippen LogP contribution in [0.2, 0.25) is 0 Å². The maximum Gasteiger partial charge on any atom is 0.225 e. The number of hydrogen-bond acceptors (Lipinski definition) is 2. The molecule has 1 aliphatic heterocycles. The molecule has 3 heteroatoms. The number of carbonyl (C=O) groups excluding carboxylic acids is 1. The van der Waals surface area contributed by atoms with Crippen LogP contribution in [0.25, 0.3) is 0 Å². The van der Waals surface area contributed by atoms with E-state index in [2.05, 4.69) is 53.7 Å². The van der Waals surface area contributed by atoms with E-state index in [-0.39, 0.29) is 23.5 Å². The number of benzene rings is 1. The van der Waals surface area contributed by atoms with Gasteiger partial charge in [-0.2, -0.15) is 0 Å². The normalized spacial score (nSPS) is 23.6. The van der Waals surface area contributed by atoms with Gasteiger partial charge in [-0.1, -0.05) is 12.1 Å². The average molecular weight is 274 g/mol. The first-order valence-corrected chi connectivity index (χ1v) is 7.28.